The Morgan fingerprint density at radius 3 is 2.24 bits per heavy atom. The Morgan fingerprint density at radius 1 is 1.03 bits per heavy atom. The van der Waals surface area contributed by atoms with Gasteiger partial charge in [-0.25, -0.2) is 21.8 Å². The van der Waals surface area contributed by atoms with Crippen molar-refractivity contribution in [2.45, 2.75) is 9.79 Å². The third-order valence-electron chi connectivity index (χ3n) is 3.49. The zero-order chi connectivity index (χ0) is 19.8. The molecule has 138 valence electrons. The van der Waals surface area contributed by atoms with Gasteiger partial charge in [0.2, 0.25) is 0 Å². The minimum atomic E-state index is -5.10. The average molecular weight is 466 g/mol. The first-order valence-electron chi connectivity index (χ1n) is 7.13. The summed E-state index contributed by atoms with van der Waals surface area (Å²) in [6.07, 6.45) is 1.11. The molecule has 0 unspecified atom stereocenters. The fourth-order valence-corrected chi connectivity index (χ4v) is 4.48. The van der Waals surface area contributed by atoms with Gasteiger partial charge in [0.25, 0.3) is 0 Å². The SMILES string of the molecule is N#C/C(=C\c1ccc(S(=O)(=O)[O-])cc1S(=O)(=O)[O-])c1nc2ccccc2s1.[Na+].[Na+]. The number of benzene rings is 2. The first-order valence-corrected chi connectivity index (χ1v) is 10.8. The minimum absolute atomic E-state index is 0. The molecule has 8 nitrogen and oxygen atoms in total. The minimum Gasteiger partial charge on any atom is -0.744 e. The van der Waals surface area contributed by atoms with Crippen LogP contribution >= 0.6 is 11.3 Å². The van der Waals surface area contributed by atoms with E-state index in [1.54, 1.807) is 24.3 Å². The molecule has 13 heteroatoms. The quantitative estimate of drug-likeness (QED) is 0.216. The Morgan fingerprint density at radius 2 is 1.69 bits per heavy atom. The number of hydrogen-bond donors (Lipinski definition) is 0. The van der Waals surface area contributed by atoms with Gasteiger partial charge in [0.1, 0.15) is 31.3 Å². The molecular weight excluding hydrogens is 458 g/mol. The van der Waals surface area contributed by atoms with E-state index in [0.29, 0.717) is 16.6 Å². The van der Waals surface area contributed by atoms with Crippen LogP contribution in [-0.4, -0.2) is 30.9 Å². The van der Waals surface area contributed by atoms with Gasteiger partial charge < -0.3 is 9.11 Å². The molecule has 0 radical (unpaired) electrons. The van der Waals surface area contributed by atoms with E-state index in [9.17, 15) is 31.2 Å². The van der Waals surface area contributed by atoms with Crippen molar-refractivity contribution in [2.24, 2.45) is 0 Å². The number of nitriles is 1. The summed E-state index contributed by atoms with van der Waals surface area (Å²) >= 11 is 1.19. The normalized spacial score (nSPS) is 12.0. The summed E-state index contributed by atoms with van der Waals surface area (Å²) in [4.78, 5) is 2.52. The Labute approximate surface area is 215 Å². The van der Waals surface area contributed by atoms with Crippen LogP contribution in [-0.2, 0) is 20.2 Å². The molecule has 3 aromatic rings. The van der Waals surface area contributed by atoms with Crippen molar-refractivity contribution in [3.63, 3.8) is 0 Å². The van der Waals surface area contributed by atoms with Crippen LogP contribution < -0.4 is 59.1 Å². The van der Waals surface area contributed by atoms with E-state index in [0.717, 1.165) is 22.9 Å². The molecule has 0 amide bonds. The van der Waals surface area contributed by atoms with Crippen LogP contribution in [0.1, 0.15) is 10.6 Å². The summed E-state index contributed by atoms with van der Waals surface area (Å²) in [5, 5.41) is 9.72. The molecule has 0 spiro atoms. The Kier molecular flexibility index (Phi) is 9.22. The summed E-state index contributed by atoms with van der Waals surface area (Å²) in [7, 11) is -10.1. The summed E-state index contributed by atoms with van der Waals surface area (Å²) in [5.74, 6) is 0. The molecule has 0 atom stereocenters. The average Bonchev–Trinajstić information content (AvgIpc) is 3.01. The van der Waals surface area contributed by atoms with Crippen molar-refractivity contribution in [1.82, 2.24) is 4.98 Å². The maximum atomic E-state index is 11.5. The van der Waals surface area contributed by atoms with E-state index in [2.05, 4.69) is 4.98 Å². The molecule has 0 fully saturated rings. The fourth-order valence-electron chi connectivity index (χ4n) is 2.29. The van der Waals surface area contributed by atoms with Crippen LogP contribution in [0.4, 0.5) is 0 Å². The van der Waals surface area contributed by atoms with Crippen molar-refractivity contribution in [3.8, 4) is 6.07 Å². The number of allylic oxidation sites excluding steroid dienone is 1. The van der Waals surface area contributed by atoms with E-state index < -0.39 is 30.0 Å². The third-order valence-corrected chi connectivity index (χ3v) is 6.28. The molecule has 0 saturated carbocycles. The maximum Gasteiger partial charge on any atom is 1.00 e. The molecule has 2 aromatic carbocycles. The molecule has 1 aromatic heterocycles. The van der Waals surface area contributed by atoms with Crippen LogP contribution in [0.2, 0.25) is 0 Å². The molecule has 0 aliphatic carbocycles. The molecule has 0 aliphatic heterocycles. The van der Waals surface area contributed by atoms with Crippen molar-refractivity contribution in [1.29, 1.82) is 5.26 Å². The van der Waals surface area contributed by atoms with Gasteiger partial charge in [-0.15, -0.1) is 11.3 Å². The second-order valence-corrected chi connectivity index (χ2v) is 9.02. The number of thiazole rings is 1. The first-order chi connectivity index (χ1) is 12.6. The molecule has 0 saturated heterocycles. The first kappa shape index (κ1) is 26.4. The van der Waals surface area contributed by atoms with E-state index >= 15 is 0 Å². The monoisotopic (exact) mass is 466 g/mol. The van der Waals surface area contributed by atoms with Gasteiger partial charge in [0, 0.05) is 0 Å². The van der Waals surface area contributed by atoms with Crippen LogP contribution in [0.5, 0.6) is 0 Å². The number of fused-ring (bicyclic) bond motifs is 1. The molecule has 1 heterocycles. The fraction of sp³-hybridized carbons (Fsp3) is 0. The Balaban J connectivity index is 0.00000210. The predicted molar refractivity (Wildman–Crippen MR) is 95.5 cm³/mol. The van der Waals surface area contributed by atoms with Gasteiger partial charge in [-0.1, -0.05) is 18.2 Å². The molecular formula is C16H8N2Na2O6S3. The number of hydrogen-bond acceptors (Lipinski definition) is 9. The Bertz CT molecular complexity index is 1310. The number of aromatic nitrogens is 1. The number of rotatable bonds is 4. The van der Waals surface area contributed by atoms with Crippen LogP contribution in [0.3, 0.4) is 0 Å². The summed E-state index contributed by atoms with van der Waals surface area (Å²) in [6.45, 7) is 0. The van der Waals surface area contributed by atoms with Gasteiger partial charge in [-0.3, -0.25) is 0 Å². The van der Waals surface area contributed by atoms with Gasteiger partial charge >= 0.3 is 59.1 Å². The van der Waals surface area contributed by atoms with Crippen molar-refractivity contribution < 1.29 is 85.1 Å². The molecule has 3 rings (SSSR count). The van der Waals surface area contributed by atoms with E-state index in [-0.39, 0.29) is 70.3 Å². The van der Waals surface area contributed by atoms with Gasteiger partial charge in [-0.05, 0) is 35.9 Å². The summed E-state index contributed by atoms with van der Waals surface area (Å²) in [6, 6.07) is 11.3. The zero-order valence-corrected chi connectivity index (χ0v) is 21.6. The molecule has 0 N–H and O–H groups in total. The van der Waals surface area contributed by atoms with Crippen LogP contribution in [0.15, 0.2) is 52.3 Å². The standard InChI is InChI=1S/C16H10N2O6S3.2Na/c17-9-11(16-18-13-3-1-2-4-14(13)25-16)7-10-5-6-12(26(19,20)21)8-15(10)27(22,23)24;;/h1-8H,(H,19,20,21)(H,22,23,24);;/q;2*+1/p-2/b11-7+;;. The largest absolute Gasteiger partial charge is 1.00 e. The topological polar surface area (TPSA) is 151 Å². The summed E-state index contributed by atoms with van der Waals surface area (Å²) < 4.78 is 68.6. The van der Waals surface area contributed by atoms with Crippen molar-refractivity contribution in [3.05, 3.63) is 53.0 Å². The summed E-state index contributed by atoms with van der Waals surface area (Å²) in [5.41, 5.74) is 0.412. The van der Waals surface area contributed by atoms with E-state index in [1.807, 2.05) is 6.07 Å². The van der Waals surface area contributed by atoms with Gasteiger partial charge in [0.05, 0.1) is 25.6 Å². The second-order valence-electron chi connectivity index (χ2n) is 5.26. The zero-order valence-electron chi connectivity index (χ0n) is 15.2. The van der Waals surface area contributed by atoms with Gasteiger partial charge in [0.15, 0.2) is 0 Å². The van der Waals surface area contributed by atoms with E-state index in [1.165, 1.54) is 11.3 Å². The third kappa shape index (κ3) is 6.19. The molecule has 0 aliphatic rings. The second kappa shape index (κ2) is 10.1. The van der Waals surface area contributed by atoms with Crippen molar-refractivity contribution in [2.75, 3.05) is 0 Å². The maximum absolute atomic E-state index is 11.5. The predicted octanol–water partition coefficient (Wildman–Crippen LogP) is -3.82. The molecule has 29 heavy (non-hydrogen) atoms. The molecule has 0 bridgehead atoms. The van der Waals surface area contributed by atoms with Crippen molar-refractivity contribution >= 4 is 53.4 Å². The Hall–Kier alpha value is -0.620. The van der Waals surface area contributed by atoms with Gasteiger partial charge in [-0.2, -0.15) is 5.26 Å². The van der Waals surface area contributed by atoms with Crippen LogP contribution in [0.25, 0.3) is 21.9 Å². The number of nitrogens with zero attached hydrogens (tertiary/aromatic N) is 2. The smallest absolute Gasteiger partial charge is 0.744 e. The van der Waals surface area contributed by atoms with E-state index in [4.69, 9.17) is 0 Å². The van der Waals surface area contributed by atoms with Crippen LogP contribution in [0, 0.1) is 11.3 Å². The number of para-hydroxylation sites is 1.